The summed E-state index contributed by atoms with van der Waals surface area (Å²) < 4.78 is 8.01. The van der Waals surface area contributed by atoms with Gasteiger partial charge in [0, 0.05) is 39.2 Å². The number of anilines is 1. The zero-order valence-corrected chi connectivity index (χ0v) is 33.9. The van der Waals surface area contributed by atoms with Gasteiger partial charge in [0.15, 0.2) is 0 Å². The Hall–Kier alpha value is -6.16. The van der Waals surface area contributed by atoms with E-state index in [2.05, 4.69) is 175 Å². The van der Waals surface area contributed by atoms with Crippen LogP contribution in [0.5, 0.6) is 5.75 Å². The highest BCUT2D eigenvalue weighted by molar-refractivity contribution is 7.11. The summed E-state index contributed by atoms with van der Waals surface area (Å²) in [6.45, 7) is 0. The maximum absolute atomic E-state index is 6.55. The zero-order valence-electron chi connectivity index (χ0n) is 33.1. The van der Waals surface area contributed by atoms with Crippen molar-refractivity contribution < 1.29 is 4.74 Å². The summed E-state index contributed by atoms with van der Waals surface area (Å²) in [5.41, 5.74) is 12.1. The fourth-order valence-electron chi connectivity index (χ4n) is 10.6. The van der Waals surface area contributed by atoms with E-state index in [1.54, 1.807) is 5.56 Å². The average molecular weight is 780 g/mol. The number of hydrogen-bond donors (Lipinski definition) is 0. The zero-order chi connectivity index (χ0) is 38.9. The summed E-state index contributed by atoms with van der Waals surface area (Å²) in [4.78, 5) is 4.16. The van der Waals surface area contributed by atoms with E-state index in [-0.39, 0.29) is 12.0 Å². The molecule has 6 aromatic rings. The molecule has 286 valence electrons. The fourth-order valence-corrected chi connectivity index (χ4v) is 12.1. The second-order valence-corrected chi connectivity index (χ2v) is 17.8. The van der Waals surface area contributed by atoms with Crippen molar-refractivity contribution in [1.82, 2.24) is 0 Å². The molecule has 5 aliphatic carbocycles. The summed E-state index contributed by atoms with van der Waals surface area (Å²) in [7, 11) is 0. The smallest absolute Gasteiger partial charge is 0.130 e. The van der Waals surface area contributed by atoms with Gasteiger partial charge in [-0.1, -0.05) is 152 Å². The fraction of sp³-hybridized carbons (Fsp3) is 0.179. The molecule has 0 N–H and O–H groups in total. The van der Waals surface area contributed by atoms with Gasteiger partial charge in [0.05, 0.1) is 10.6 Å². The highest BCUT2D eigenvalue weighted by Gasteiger charge is 2.33. The third-order valence-corrected chi connectivity index (χ3v) is 14.8. The van der Waals surface area contributed by atoms with E-state index in [1.807, 2.05) is 11.3 Å². The molecule has 2 nitrogen and oxygen atoms in total. The maximum atomic E-state index is 6.55. The lowest BCUT2D eigenvalue weighted by Crippen LogP contribution is -2.40. The largest absolute Gasteiger partial charge is 0.460 e. The third-order valence-electron chi connectivity index (χ3n) is 13.4. The lowest BCUT2D eigenvalue weighted by atomic mass is 9.85. The van der Waals surface area contributed by atoms with Crippen molar-refractivity contribution in [1.29, 1.82) is 0 Å². The van der Waals surface area contributed by atoms with Crippen LogP contribution in [-0.2, 0) is 6.42 Å². The van der Waals surface area contributed by atoms with Crippen LogP contribution in [0.3, 0.4) is 0 Å². The molecule has 3 heteroatoms. The number of allylic oxidation sites excluding steroid dienone is 7. The molecule has 59 heavy (non-hydrogen) atoms. The highest BCUT2D eigenvalue weighted by Crippen LogP contribution is 2.48. The summed E-state index contributed by atoms with van der Waals surface area (Å²) in [6.07, 6.45) is 29.3. The quantitative estimate of drug-likeness (QED) is 0.167. The predicted octanol–water partition coefficient (Wildman–Crippen LogP) is 10.9. The van der Waals surface area contributed by atoms with Crippen molar-refractivity contribution >= 4 is 62.9 Å². The normalized spacial score (nSPS) is 21.1. The molecule has 12 rings (SSSR count). The molecule has 2 heterocycles. The number of nitrogens with zero attached hydrogens (tertiary/aromatic N) is 1. The molecule has 0 amide bonds. The van der Waals surface area contributed by atoms with Gasteiger partial charge in [-0.2, -0.15) is 0 Å². The van der Waals surface area contributed by atoms with Gasteiger partial charge in [-0.05, 0) is 117 Å². The van der Waals surface area contributed by atoms with Gasteiger partial charge in [-0.3, -0.25) is 0 Å². The Morgan fingerprint density at radius 2 is 1.51 bits per heavy atom. The number of ether oxygens (including phenoxy) is 1. The first-order valence-corrected chi connectivity index (χ1v) is 22.3. The Morgan fingerprint density at radius 1 is 0.661 bits per heavy atom. The van der Waals surface area contributed by atoms with E-state index >= 15 is 0 Å². The summed E-state index contributed by atoms with van der Waals surface area (Å²) >= 11 is 2.02. The van der Waals surface area contributed by atoms with Crippen molar-refractivity contribution in [3.8, 4) is 5.75 Å². The Kier molecular flexibility index (Phi) is 8.44. The second-order valence-electron chi connectivity index (χ2n) is 16.8. The van der Waals surface area contributed by atoms with Crippen LogP contribution < -0.4 is 29.8 Å². The van der Waals surface area contributed by atoms with Crippen molar-refractivity contribution in [3.05, 3.63) is 210 Å². The Bertz CT molecular complexity index is 3120. The van der Waals surface area contributed by atoms with Crippen LogP contribution in [0.15, 0.2) is 163 Å². The molecule has 1 aromatic heterocycles. The van der Waals surface area contributed by atoms with Crippen LogP contribution in [-0.4, -0.2) is 6.04 Å². The highest BCUT2D eigenvalue weighted by atomic mass is 32.1. The Balaban J connectivity index is 0.936. The Labute approximate surface area is 349 Å². The van der Waals surface area contributed by atoms with Gasteiger partial charge in [-0.15, -0.1) is 11.3 Å². The molecule has 1 aliphatic heterocycles. The van der Waals surface area contributed by atoms with Crippen LogP contribution in [0.4, 0.5) is 5.69 Å². The molecule has 0 saturated carbocycles. The molecule has 0 saturated heterocycles. The minimum atomic E-state index is 0.214. The number of para-hydroxylation sites is 1. The second kappa shape index (κ2) is 14.3. The van der Waals surface area contributed by atoms with Gasteiger partial charge in [0.1, 0.15) is 11.5 Å². The minimum absolute atomic E-state index is 0.214. The molecule has 0 fully saturated rings. The molecular formula is C56H45NOS. The molecule has 6 aliphatic rings. The monoisotopic (exact) mass is 779 g/mol. The third kappa shape index (κ3) is 5.89. The van der Waals surface area contributed by atoms with Gasteiger partial charge in [0.25, 0.3) is 0 Å². The summed E-state index contributed by atoms with van der Waals surface area (Å²) in [6, 6.07) is 42.5. The van der Waals surface area contributed by atoms with E-state index < -0.39 is 0 Å². The van der Waals surface area contributed by atoms with Gasteiger partial charge < -0.3 is 9.64 Å². The number of rotatable bonds is 6. The van der Waals surface area contributed by atoms with Crippen LogP contribution in [0.25, 0.3) is 45.8 Å². The Morgan fingerprint density at radius 3 is 2.41 bits per heavy atom. The number of hydrogen-bond acceptors (Lipinski definition) is 3. The van der Waals surface area contributed by atoms with E-state index in [0.717, 1.165) is 56.5 Å². The minimum Gasteiger partial charge on any atom is -0.460 e. The summed E-state index contributed by atoms with van der Waals surface area (Å²) in [5.74, 6) is 2.76. The van der Waals surface area contributed by atoms with Crippen LogP contribution in [0, 0.1) is 5.92 Å². The van der Waals surface area contributed by atoms with E-state index in [0.29, 0.717) is 5.92 Å². The van der Waals surface area contributed by atoms with Gasteiger partial charge >= 0.3 is 0 Å². The van der Waals surface area contributed by atoms with Crippen molar-refractivity contribution in [2.45, 2.75) is 56.9 Å². The predicted molar refractivity (Wildman–Crippen MR) is 248 cm³/mol. The molecular weight excluding hydrogens is 735 g/mol. The maximum Gasteiger partial charge on any atom is 0.130 e. The average Bonchev–Trinajstić information content (AvgIpc) is 3.89. The standard InChI is InChI=1S/C56H45NOS/c1-2-11-37(12-3-1)47-17-9-19-50-51-20-10-21-52(56(51)59-55(47)50)57(43-32-27-39(28-33-43)46-16-8-18-49-48-15-6-7-22-53(48)58-54(46)49)42-30-25-36(26-31-42)40-29-34-45-41(35-40)24-23-38-13-4-5-14-44(38)45/h1-8,11-17,20,22-28,30,32-35,40,42,49H,9-10,18-19,21,29,31H2. The van der Waals surface area contributed by atoms with Crippen LogP contribution in [0.2, 0.25) is 0 Å². The van der Waals surface area contributed by atoms with Crippen molar-refractivity contribution in [2.75, 3.05) is 4.90 Å². The van der Waals surface area contributed by atoms with E-state index in [9.17, 15) is 0 Å². The molecule has 5 aromatic carbocycles. The number of thiophene rings is 1. The van der Waals surface area contributed by atoms with Crippen molar-refractivity contribution in [3.63, 3.8) is 0 Å². The van der Waals surface area contributed by atoms with Crippen LogP contribution in [0.1, 0.15) is 71.6 Å². The van der Waals surface area contributed by atoms with Gasteiger partial charge in [-0.25, -0.2) is 0 Å². The topological polar surface area (TPSA) is 12.5 Å². The number of fused-ring (bicyclic) bond motifs is 9. The SMILES string of the molecule is C1=CC(c2ccc(N(C3=c4sc5c(c4=CCC3)CCC=C5c3ccccc3)C3C=CC(C4C=c5ccc6ccccc6c5=CC4)=CC3)cc2)=C2Oc3ccccc3C2C1. The lowest BCUT2D eigenvalue weighted by Gasteiger charge is -2.36. The number of benzene rings is 5. The first-order chi connectivity index (χ1) is 29.2. The first kappa shape index (κ1) is 34.8. The summed E-state index contributed by atoms with van der Waals surface area (Å²) in [5, 5.41) is 6.89. The molecule has 3 unspecified atom stereocenters. The lowest BCUT2D eigenvalue weighted by molar-refractivity contribution is 0.429. The van der Waals surface area contributed by atoms with Gasteiger partial charge in [0.2, 0.25) is 0 Å². The molecule has 0 spiro atoms. The molecule has 3 atom stereocenters. The van der Waals surface area contributed by atoms with Crippen molar-refractivity contribution in [2.24, 2.45) is 5.92 Å². The first-order valence-electron chi connectivity index (χ1n) is 21.5. The molecule has 0 bridgehead atoms. The van der Waals surface area contributed by atoms with E-state index in [4.69, 9.17) is 4.74 Å². The van der Waals surface area contributed by atoms with E-state index in [1.165, 1.54) is 80.6 Å². The molecule has 0 radical (unpaired) electrons. The van der Waals surface area contributed by atoms with Crippen LogP contribution >= 0.6 is 11.3 Å².